The largest absolute Gasteiger partial charge is 0.455 e. The molecule has 2 aromatic rings. The lowest BCUT2D eigenvalue weighted by Gasteiger charge is -2.17. The molecule has 0 spiro atoms. The van der Waals surface area contributed by atoms with E-state index in [4.69, 9.17) is 16.3 Å². The first-order valence-electron chi connectivity index (χ1n) is 9.35. The second-order valence-corrected chi connectivity index (χ2v) is 7.75. The van der Waals surface area contributed by atoms with Gasteiger partial charge < -0.3 is 15.0 Å². The molecule has 6 nitrogen and oxygen atoms in total. The number of hydrogen-bond acceptors (Lipinski definition) is 4. The smallest absolute Gasteiger partial charge is 0.311 e. The highest BCUT2D eigenvalue weighted by atomic mass is 35.5. The van der Waals surface area contributed by atoms with Gasteiger partial charge in [0.2, 0.25) is 5.91 Å². The summed E-state index contributed by atoms with van der Waals surface area (Å²) in [5.74, 6) is -1.76. The molecule has 3 rings (SSSR count). The second kappa shape index (κ2) is 8.66. The number of ether oxygens (including phenoxy) is 1. The molecule has 29 heavy (non-hydrogen) atoms. The lowest BCUT2D eigenvalue weighted by atomic mass is 10.1. The number of halogens is 1. The highest BCUT2D eigenvalue weighted by molar-refractivity contribution is 6.31. The van der Waals surface area contributed by atoms with Crippen molar-refractivity contribution in [3.63, 3.8) is 0 Å². The van der Waals surface area contributed by atoms with Gasteiger partial charge in [0.15, 0.2) is 6.61 Å². The number of carbonyl (C=O) groups is 3. The molecule has 0 bridgehead atoms. The number of benzene rings is 2. The van der Waals surface area contributed by atoms with E-state index in [1.165, 1.54) is 4.90 Å². The van der Waals surface area contributed by atoms with Crippen LogP contribution < -0.4 is 10.2 Å². The van der Waals surface area contributed by atoms with Gasteiger partial charge in [0, 0.05) is 29.4 Å². The molecule has 1 aliphatic heterocycles. The summed E-state index contributed by atoms with van der Waals surface area (Å²) in [6.07, 6.45) is 0.0448. The summed E-state index contributed by atoms with van der Waals surface area (Å²) in [7, 11) is 0. The Kier molecular flexibility index (Phi) is 6.23. The minimum absolute atomic E-state index is 0.0448. The number of rotatable bonds is 5. The number of nitrogens with zero attached hydrogens (tertiary/aromatic N) is 1. The molecule has 0 aliphatic carbocycles. The van der Waals surface area contributed by atoms with Crippen LogP contribution in [0.2, 0.25) is 5.02 Å². The van der Waals surface area contributed by atoms with E-state index < -0.39 is 24.4 Å². The fourth-order valence-electron chi connectivity index (χ4n) is 3.57. The van der Waals surface area contributed by atoms with Gasteiger partial charge in [-0.3, -0.25) is 14.4 Å². The van der Waals surface area contributed by atoms with Gasteiger partial charge >= 0.3 is 5.97 Å². The summed E-state index contributed by atoms with van der Waals surface area (Å²) in [6, 6.07) is 10.8. The number of amides is 2. The highest BCUT2D eigenvalue weighted by Gasteiger charge is 2.36. The van der Waals surface area contributed by atoms with Gasteiger partial charge in [0.1, 0.15) is 0 Å². The fourth-order valence-corrected chi connectivity index (χ4v) is 3.75. The fraction of sp³-hybridized carbons (Fsp3) is 0.318. The summed E-state index contributed by atoms with van der Waals surface area (Å²) >= 11 is 5.98. The van der Waals surface area contributed by atoms with Crippen LogP contribution in [0.15, 0.2) is 36.4 Å². The Balaban J connectivity index is 1.56. The highest BCUT2D eigenvalue weighted by Crippen LogP contribution is 2.28. The Morgan fingerprint density at radius 1 is 1.17 bits per heavy atom. The van der Waals surface area contributed by atoms with Crippen molar-refractivity contribution in [2.24, 2.45) is 5.92 Å². The van der Waals surface area contributed by atoms with E-state index in [9.17, 15) is 14.4 Å². The third kappa shape index (κ3) is 4.95. The Hall–Kier alpha value is -2.86. The summed E-state index contributed by atoms with van der Waals surface area (Å²) in [5, 5.41) is 3.31. The Morgan fingerprint density at radius 2 is 1.86 bits per heavy atom. The van der Waals surface area contributed by atoms with Crippen LogP contribution >= 0.6 is 11.6 Å². The van der Waals surface area contributed by atoms with Crippen LogP contribution in [-0.2, 0) is 19.1 Å². The molecule has 0 aromatic heterocycles. The van der Waals surface area contributed by atoms with Crippen LogP contribution in [0.5, 0.6) is 0 Å². The summed E-state index contributed by atoms with van der Waals surface area (Å²) < 4.78 is 5.16. The summed E-state index contributed by atoms with van der Waals surface area (Å²) in [5.41, 5.74) is 4.36. The third-order valence-electron chi connectivity index (χ3n) is 4.87. The van der Waals surface area contributed by atoms with Gasteiger partial charge in [-0.25, -0.2) is 0 Å². The number of anilines is 2. The standard InChI is InChI=1S/C22H23ClN2O4/c1-13-7-14(2)21(15(3)8-13)24-19(26)12-29-22(28)16-9-20(27)25(11-16)18-6-4-5-17(23)10-18/h4-8,10,16H,9,11-12H2,1-3H3,(H,24,26)/t16-/m0/s1. The first-order chi connectivity index (χ1) is 13.7. The molecule has 1 fully saturated rings. The number of esters is 1. The van der Waals surface area contributed by atoms with Crippen molar-refractivity contribution < 1.29 is 19.1 Å². The van der Waals surface area contributed by atoms with Crippen molar-refractivity contribution >= 4 is 40.8 Å². The molecule has 2 amide bonds. The molecule has 1 aliphatic rings. The average molecular weight is 415 g/mol. The minimum atomic E-state index is -0.614. The van der Waals surface area contributed by atoms with Crippen LogP contribution in [0.25, 0.3) is 0 Å². The second-order valence-electron chi connectivity index (χ2n) is 7.31. The number of hydrogen-bond donors (Lipinski definition) is 1. The van der Waals surface area contributed by atoms with Crippen LogP contribution in [0.3, 0.4) is 0 Å². The van der Waals surface area contributed by atoms with Crippen molar-refractivity contribution in [3.8, 4) is 0 Å². The molecule has 7 heteroatoms. The van der Waals surface area contributed by atoms with Crippen molar-refractivity contribution in [2.75, 3.05) is 23.4 Å². The van der Waals surface area contributed by atoms with Gasteiger partial charge in [0.25, 0.3) is 5.91 Å². The molecule has 0 unspecified atom stereocenters. The van der Waals surface area contributed by atoms with Crippen LogP contribution in [0, 0.1) is 26.7 Å². The first kappa shape index (κ1) is 20.9. The Morgan fingerprint density at radius 3 is 2.52 bits per heavy atom. The molecule has 0 radical (unpaired) electrons. The zero-order chi connectivity index (χ0) is 21.1. The average Bonchev–Trinajstić information content (AvgIpc) is 3.04. The molecule has 1 heterocycles. The number of aryl methyl sites for hydroxylation is 3. The van der Waals surface area contributed by atoms with Crippen LogP contribution in [-0.4, -0.2) is 30.9 Å². The van der Waals surface area contributed by atoms with E-state index in [1.54, 1.807) is 24.3 Å². The van der Waals surface area contributed by atoms with Gasteiger partial charge in [-0.2, -0.15) is 0 Å². The predicted octanol–water partition coefficient (Wildman–Crippen LogP) is 3.80. The van der Waals surface area contributed by atoms with Gasteiger partial charge in [-0.15, -0.1) is 0 Å². The Labute approximate surface area is 174 Å². The molecule has 152 valence electrons. The zero-order valence-electron chi connectivity index (χ0n) is 16.6. The molecule has 2 aromatic carbocycles. The molecular weight excluding hydrogens is 392 g/mol. The van der Waals surface area contributed by atoms with Gasteiger partial charge in [-0.05, 0) is 50.1 Å². The SMILES string of the molecule is Cc1cc(C)c(NC(=O)COC(=O)[C@H]2CC(=O)N(c3cccc(Cl)c3)C2)c(C)c1. The van der Waals surface area contributed by atoms with Crippen molar-refractivity contribution in [1.82, 2.24) is 0 Å². The Bertz CT molecular complexity index is 950. The molecule has 1 N–H and O–H groups in total. The summed E-state index contributed by atoms with van der Waals surface area (Å²) in [4.78, 5) is 38.4. The number of carbonyl (C=O) groups excluding carboxylic acids is 3. The maximum atomic E-state index is 12.4. The molecular formula is C22H23ClN2O4. The topological polar surface area (TPSA) is 75.7 Å². The molecule has 1 atom stereocenters. The lowest BCUT2D eigenvalue weighted by Crippen LogP contribution is -2.28. The van der Waals surface area contributed by atoms with Crippen molar-refractivity contribution in [3.05, 3.63) is 58.1 Å². The maximum Gasteiger partial charge on any atom is 0.311 e. The lowest BCUT2D eigenvalue weighted by molar-refractivity contribution is -0.151. The maximum absolute atomic E-state index is 12.4. The van der Waals surface area contributed by atoms with Crippen LogP contribution in [0.4, 0.5) is 11.4 Å². The number of nitrogens with one attached hydrogen (secondary N) is 1. The quantitative estimate of drug-likeness (QED) is 0.755. The van der Waals surface area contributed by atoms with Crippen molar-refractivity contribution in [2.45, 2.75) is 27.2 Å². The van der Waals surface area contributed by atoms with E-state index in [1.807, 2.05) is 32.9 Å². The predicted molar refractivity (Wildman–Crippen MR) is 112 cm³/mol. The van der Waals surface area contributed by atoms with Gasteiger partial charge in [-0.1, -0.05) is 35.4 Å². The zero-order valence-corrected chi connectivity index (χ0v) is 17.4. The van der Waals surface area contributed by atoms with E-state index in [0.29, 0.717) is 10.7 Å². The van der Waals surface area contributed by atoms with E-state index in [-0.39, 0.29) is 18.9 Å². The van der Waals surface area contributed by atoms with Crippen molar-refractivity contribution in [1.29, 1.82) is 0 Å². The third-order valence-corrected chi connectivity index (χ3v) is 5.10. The first-order valence-corrected chi connectivity index (χ1v) is 9.72. The van der Waals surface area contributed by atoms with Crippen LogP contribution in [0.1, 0.15) is 23.1 Å². The van der Waals surface area contributed by atoms with Gasteiger partial charge in [0.05, 0.1) is 5.92 Å². The monoisotopic (exact) mass is 414 g/mol. The normalized spacial score (nSPS) is 16.1. The van der Waals surface area contributed by atoms with E-state index >= 15 is 0 Å². The van der Waals surface area contributed by atoms with E-state index in [2.05, 4.69) is 5.32 Å². The van der Waals surface area contributed by atoms with E-state index in [0.717, 1.165) is 22.4 Å². The summed E-state index contributed by atoms with van der Waals surface area (Å²) in [6.45, 7) is 5.62. The molecule has 0 saturated carbocycles. The minimum Gasteiger partial charge on any atom is -0.455 e. The molecule has 1 saturated heterocycles.